The van der Waals surface area contributed by atoms with Gasteiger partial charge in [0.25, 0.3) is 0 Å². The summed E-state index contributed by atoms with van der Waals surface area (Å²) in [5.41, 5.74) is 11.6. The molecule has 5 N–H and O–H groups in total. The minimum Gasteiger partial charge on any atom is -0.480 e. The van der Waals surface area contributed by atoms with Crippen LogP contribution in [0.15, 0.2) is 23.1 Å². The Morgan fingerprint density at radius 1 is 1.60 bits per heavy atom. The second-order valence-corrected chi connectivity index (χ2v) is 4.44. The van der Waals surface area contributed by atoms with Gasteiger partial charge in [-0.15, -0.1) is 11.8 Å². The minimum atomic E-state index is -1.02. The van der Waals surface area contributed by atoms with Crippen LogP contribution in [-0.4, -0.2) is 22.9 Å². The number of rotatable bonds is 4. The molecule has 0 saturated carbocycles. The zero-order valence-corrected chi connectivity index (χ0v) is 9.39. The molecule has 0 aliphatic heterocycles. The molecule has 1 rings (SSSR count). The van der Waals surface area contributed by atoms with E-state index in [1.54, 1.807) is 18.2 Å². The first-order chi connectivity index (χ1) is 7.00. The molecule has 0 spiro atoms. The van der Waals surface area contributed by atoms with E-state index in [1.165, 1.54) is 11.8 Å². The highest BCUT2D eigenvalue weighted by molar-refractivity contribution is 7.99. The molecule has 0 aromatic heterocycles. The van der Waals surface area contributed by atoms with Crippen molar-refractivity contribution < 1.29 is 9.90 Å². The van der Waals surface area contributed by atoms with Gasteiger partial charge in [0.05, 0.1) is 0 Å². The van der Waals surface area contributed by atoms with E-state index >= 15 is 0 Å². The van der Waals surface area contributed by atoms with E-state index in [9.17, 15) is 4.79 Å². The lowest BCUT2D eigenvalue weighted by atomic mass is 10.3. The number of carboxylic acids is 1. The van der Waals surface area contributed by atoms with E-state index in [1.807, 2.05) is 0 Å². The van der Waals surface area contributed by atoms with Gasteiger partial charge in [-0.2, -0.15) is 0 Å². The van der Waals surface area contributed by atoms with Crippen LogP contribution < -0.4 is 11.5 Å². The topological polar surface area (TPSA) is 89.3 Å². The second kappa shape index (κ2) is 5.25. The number of nitrogens with two attached hydrogens (primary N) is 2. The third-order valence-electron chi connectivity index (χ3n) is 1.71. The number of anilines is 1. The molecule has 6 heteroatoms. The molecule has 4 nitrogen and oxygen atoms in total. The Hall–Kier alpha value is -0.910. The first-order valence-electron chi connectivity index (χ1n) is 4.17. The lowest BCUT2D eigenvalue weighted by Crippen LogP contribution is -2.32. The smallest absolute Gasteiger partial charge is 0.321 e. The largest absolute Gasteiger partial charge is 0.480 e. The van der Waals surface area contributed by atoms with Crippen molar-refractivity contribution >= 4 is 35.0 Å². The number of aliphatic carboxylic acids is 1. The van der Waals surface area contributed by atoms with Crippen LogP contribution in [0.2, 0.25) is 5.02 Å². The van der Waals surface area contributed by atoms with Gasteiger partial charge in [-0.1, -0.05) is 11.6 Å². The van der Waals surface area contributed by atoms with E-state index in [4.69, 9.17) is 28.2 Å². The Morgan fingerprint density at radius 2 is 2.27 bits per heavy atom. The van der Waals surface area contributed by atoms with Crippen LogP contribution in [0, 0.1) is 0 Å². The van der Waals surface area contributed by atoms with Gasteiger partial charge in [-0.3, -0.25) is 4.79 Å². The molecule has 1 unspecified atom stereocenters. The van der Waals surface area contributed by atoms with E-state index in [0.717, 1.165) is 4.90 Å². The quantitative estimate of drug-likeness (QED) is 0.552. The molecular weight excluding hydrogens is 236 g/mol. The van der Waals surface area contributed by atoms with Gasteiger partial charge in [-0.05, 0) is 18.2 Å². The van der Waals surface area contributed by atoms with Crippen molar-refractivity contribution in [2.75, 3.05) is 11.5 Å². The fourth-order valence-corrected chi connectivity index (χ4v) is 1.97. The molecule has 15 heavy (non-hydrogen) atoms. The van der Waals surface area contributed by atoms with E-state index in [-0.39, 0.29) is 5.75 Å². The number of hydrogen-bond donors (Lipinski definition) is 3. The van der Waals surface area contributed by atoms with Crippen LogP contribution in [0.4, 0.5) is 5.69 Å². The summed E-state index contributed by atoms with van der Waals surface area (Å²) in [6.07, 6.45) is 0. The van der Waals surface area contributed by atoms with Gasteiger partial charge < -0.3 is 16.6 Å². The Kier molecular flexibility index (Phi) is 4.26. The molecule has 0 amide bonds. The van der Waals surface area contributed by atoms with Crippen molar-refractivity contribution in [1.29, 1.82) is 0 Å². The van der Waals surface area contributed by atoms with Crippen molar-refractivity contribution in [1.82, 2.24) is 0 Å². The maximum absolute atomic E-state index is 10.5. The van der Waals surface area contributed by atoms with Gasteiger partial charge >= 0.3 is 5.97 Å². The molecule has 0 aliphatic rings. The molecule has 82 valence electrons. The van der Waals surface area contributed by atoms with Gasteiger partial charge in [0, 0.05) is 21.4 Å². The van der Waals surface area contributed by atoms with E-state index < -0.39 is 12.0 Å². The van der Waals surface area contributed by atoms with Gasteiger partial charge in [0.15, 0.2) is 0 Å². The third-order valence-corrected chi connectivity index (χ3v) is 3.15. The summed E-state index contributed by atoms with van der Waals surface area (Å²) >= 11 is 7.02. The number of nitrogen functional groups attached to an aromatic ring is 1. The Balaban J connectivity index is 2.62. The fourth-order valence-electron chi connectivity index (χ4n) is 0.902. The zero-order chi connectivity index (χ0) is 11.4. The van der Waals surface area contributed by atoms with Gasteiger partial charge in [-0.25, -0.2) is 0 Å². The van der Waals surface area contributed by atoms with Crippen LogP contribution in [-0.2, 0) is 4.79 Å². The number of carbonyl (C=O) groups is 1. The lowest BCUT2D eigenvalue weighted by Gasteiger charge is -2.08. The maximum atomic E-state index is 10.5. The van der Waals surface area contributed by atoms with Crippen molar-refractivity contribution in [3.8, 4) is 0 Å². The molecule has 0 heterocycles. The molecule has 1 aromatic carbocycles. The molecule has 0 radical (unpaired) electrons. The molecule has 0 aliphatic carbocycles. The molecule has 0 saturated heterocycles. The van der Waals surface area contributed by atoms with Gasteiger partial charge in [0.1, 0.15) is 6.04 Å². The van der Waals surface area contributed by atoms with Crippen molar-refractivity contribution in [2.45, 2.75) is 10.9 Å². The number of halogens is 1. The van der Waals surface area contributed by atoms with E-state index in [2.05, 4.69) is 0 Å². The number of carboxylic acid groups (broad SMARTS) is 1. The molecule has 1 aromatic rings. The second-order valence-electron chi connectivity index (χ2n) is 2.94. The summed E-state index contributed by atoms with van der Waals surface area (Å²) in [5, 5.41) is 9.14. The standard InChI is InChI=1S/C9H11ClN2O2S/c10-5-1-2-8(6(11)3-5)15-4-7(12)9(13)14/h1-3,7H,4,11-12H2,(H,13,14). The minimum absolute atomic E-state index is 0.279. The molecule has 0 fully saturated rings. The average molecular weight is 247 g/mol. The molecular formula is C9H11ClN2O2S. The summed E-state index contributed by atoms with van der Waals surface area (Å²) in [5.74, 6) is -0.740. The predicted octanol–water partition coefficient (Wildman–Crippen LogP) is 1.43. The highest BCUT2D eigenvalue weighted by atomic mass is 35.5. The van der Waals surface area contributed by atoms with Crippen molar-refractivity contribution in [3.63, 3.8) is 0 Å². The SMILES string of the molecule is Nc1cc(Cl)ccc1SCC(N)C(=O)O. The summed E-state index contributed by atoms with van der Waals surface area (Å²) < 4.78 is 0. The zero-order valence-electron chi connectivity index (χ0n) is 7.81. The van der Waals surface area contributed by atoms with Crippen LogP contribution in [0.5, 0.6) is 0 Å². The number of thioether (sulfide) groups is 1. The van der Waals surface area contributed by atoms with Gasteiger partial charge in [0.2, 0.25) is 0 Å². The molecule has 1 atom stereocenters. The number of hydrogen-bond acceptors (Lipinski definition) is 4. The molecule has 0 bridgehead atoms. The third kappa shape index (κ3) is 3.62. The monoisotopic (exact) mass is 246 g/mol. The van der Waals surface area contributed by atoms with Crippen molar-refractivity contribution in [2.24, 2.45) is 5.73 Å². The fraction of sp³-hybridized carbons (Fsp3) is 0.222. The van der Waals surface area contributed by atoms with Crippen molar-refractivity contribution in [3.05, 3.63) is 23.2 Å². The van der Waals surface area contributed by atoms with Crippen LogP contribution in [0.25, 0.3) is 0 Å². The van der Waals surface area contributed by atoms with Crippen LogP contribution in [0.1, 0.15) is 0 Å². The highest BCUT2D eigenvalue weighted by Crippen LogP contribution is 2.27. The Bertz CT molecular complexity index is 373. The predicted molar refractivity (Wildman–Crippen MR) is 62.2 cm³/mol. The Morgan fingerprint density at radius 3 is 2.80 bits per heavy atom. The first kappa shape index (κ1) is 12.2. The first-order valence-corrected chi connectivity index (χ1v) is 5.53. The Labute approximate surface area is 96.6 Å². The summed E-state index contributed by atoms with van der Waals surface area (Å²) in [6.45, 7) is 0. The highest BCUT2D eigenvalue weighted by Gasteiger charge is 2.12. The maximum Gasteiger partial charge on any atom is 0.321 e. The lowest BCUT2D eigenvalue weighted by molar-refractivity contribution is -0.137. The van der Waals surface area contributed by atoms with E-state index in [0.29, 0.717) is 10.7 Å². The average Bonchev–Trinajstić information content (AvgIpc) is 2.15. The normalized spacial score (nSPS) is 12.4. The van der Waals surface area contributed by atoms with Crippen LogP contribution >= 0.6 is 23.4 Å². The summed E-state index contributed by atoms with van der Waals surface area (Å²) in [6, 6.07) is 4.18. The summed E-state index contributed by atoms with van der Waals surface area (Å²) in [4.78, 5) is 11.3. The number of benzene rings is 1. The van der Waals surface area contributed by atoms with Crippen LogP contribution in [0.3, 0.4) is 0 Å². The summed E-state index contributed by atoms with van der Waals surface area (Å²) in [7, 11) is 0.